The predicted molar refractivity (Wildman–Crippen MR) is 126 cm³/mol. The molecule has 1 atom stereocenters. The van der Waals surface area contributed by atoms with Crippen molar-refractivity contribution in [3.05, 3.63) is 0 Å². The van der Waals surface area contributed by atoms with Gasteiger partial charge in [0, 0.05) is 12.8 Å². The highest BCUT2D eigenvalue weighted by Crippen LogP contribution is 2.14. The van der Waals surface area contributed by atoms with Crippen LogP contribution in [0.5, 0.6) is 0 Å². The van der Waals surface area contributed by atoms with Crippen molar-refractivity contribution in [2.75, 3.05) is 6.61 Å². The minimum atomic E-state index is -0.208. The quantitative estimate of drug-likeness (QED) is 0.139. The van der Waals surface area contributed by atoms with Gasteiger partial charge < -0.3 is 9.47 Å². The van der Waals surface area contributed by atoms with E-state index in [1.165, 1.54) is 70.6 Å². The molecule has 0 aromatic carbocycles. The van der Waals surface area contributed by atoms with E-state index in [0.717, 1.165) is 19.3 Å². The highest BCUT2D eigenvalue weighted by Gasteiger charge is 2.16. The normalized spacial score (nSPS) is 12.2. The summed E-state index contributed by atoms with van der Waals surface area (Å²) in [5.74, 6) is -0.0817. The van der Waals surface area contributed by atoms with Crippen LogP contribution in [-0.4, -0.2) is 24.6 Å². The fraction of sp³-hybridized carbons (Fsp3) is 0.923. The van der Waals surface area contributed by atoms with Gasteiger partial charge in [0.2, 0.25) is 0 Å². The Morgan fingerprint density at radius 1 is 0.633 bits per heavy atom. The van der Waals surface area contributed by atoms with Gasteiger partial charge in [0.25, 0.3) is 0 Å². The van der Waals surface area contributed by atoms with Crippen LogP contribution in [0.25, 0.3) is 0 Å². The summed E-state index contributed by atoms with van der Waals surface area (Å²) in [4.78, 5) is 23.6. The van der Waals surface area contributed by atoms with E-state index in [1.54, 1.807) is 0 Å². The molecule has 0 aromatic rings. The molecule has 0 fully saturated rings. The number of rotatable bonds is 21. The van der Waals surface area contributed by atoms with Gasteiger partial charge in [0.05, 0.1) is 6.61 Å². The number of carbonyl (C=O) groups is 2. The van der Waals surface area contributed by atoms with E-state index in [-0.39, 0.29) is 24.5 Å². The van der Waals surface area contributed by atoms with E-state index < -0.39 is 0 Å². The van der Waals surface area contributed by atoms with Gasteiger partial charge in [-0.3, -0.25) is 9.59 Å². The molecule has 0 bridgehead atoms. The zero-order valence-corrected chi connectivity index (χ0v) is 20.5. The Morgan fingerprint density at radius 3 is 1.57 bits per heavy atom. The standard InChI is InChI=1S/C26H50O4/c1-5-7-8-9-10-11-12-13-14-15-16-17-18-22-29-25(27)20-19-21-26(28)30-24(6-2)23(3)4/h23-24H,5-22H2,1-4H3. The first-order valence-corrected chi connectivity index (χ1v) is 12.9. The zero-order chi connectivity index (χ0) is 22.5. The lowest BCUT2D eigenvalue weighted by Gasteiger charge is -2.19. The maximum Gasteiger partial charge on any atom is 0.306 e. The molecule has 0 saturated heterocycles. The summed E-state index contributed by atoms with van der Waals surface area (Å²) in [5, 5.41) is 0. The molecule has 0 radical (unpaired) electrons. The molecule has 30 heavy (non-hydrogen) atoms. The van der Waals surface area contributed by atoms with Gasteiger partial charge in [-0.1, -0.05) is 105 Å². The molecule has 0 amide bonds. The summed E-state index contributed by atoms with van der Waals surface area (Å²) in [6.45, 7) is 8.89. The number of hydrogen-bond acceptors (Lipinski definition) is 4. The minimum Gasteiger partial charge on any atom is -0.466 e. The number of carbonyl (C=O) groups excluding carboxylic acids is 2. The Labute approximate surface area is 186 Å². The van der Waals surface area contributed by atoms with Crippen molar-refractivity contribution in [1.29, 1.82) is 0 Å². The van der Waals surface area contributed by atoms with Crippen LogP contribution in [-0.2, 0) is 19.1 Å². The van der Waals surface area contributed by atoms with Crippen molar-refractivity contribution in [2.45, 2.75) is 143 Å². The summed E-state index contributed by atoms with van der Waals surface area (Å²) >= 11 is 0. The summed E-state index contributed by atoms with van der Waals surface area (Å²) in [5.41, 5.74) is 0. The van der Waals surface area contributed by atoms with E-state index in [9.17, 15) is 9.59 Å². The van der Waals surface area contributed by atoms with Crippen LogP contribution in [0.3, 0.4) is 0 Å². The first-order chi connectivity index (χ1) is 14.5. The SMILES string of the molecule is CCCCCCCCCCCCCCCOC(=O)CCCC(=O)OC(CC)C(C)C. The van der Waals surface area contributed by atoms with Crippen molar-refractivity contribution in [1.82, 2.24) is 0 Å². The molecule has 0 heterocycles. The largest absolute Gasteiger partial charge is 0.466 e. The highest BCUT2D eigenvalue weighted by atomic mass is 16.5. The third-order valence-corrected chi connectivity index (χ3v) is 5.70. The van der Waals surface area contributed by atoms with Crippen LogP contribution < -0.4 is 0 Å². The first-order valence-electron chi connectivity index (χ1n) is 12.9. The molecule has 0 rings (SSSR count). The molecule has 0 aliphatic rings. The molecule has 4 nitrogen and oxygen atoms in total. The van der Waals surface area contributed by atoms with Gasteiger partial charge in [-0.25, -0.2) is 0 Å². The van der Waals surface area contributed by atoms with Crippen molar-refractivity contribution in [3.63, 3.8) is 0 Å². The van der Waals surface area contributed by atoms with Crippen LogP contribution in [0.1, 0.15) is 137 Å². The van der Waals surface area contributed by atoms with Crippen molar-refractivity contribution in [3.8, 4) is 0 Å². The monoisotopic (exact) mass is 426 g/mol. The average Bonchev–Trinajstić information content (AvgIpc) is 2.72. The van der Waals surface area contributed by atoms with Crippen LogP contribution in [0.15, 0.2) is 0 Å². The van der Waals surface area contributed by atoms with Crippen molar-refractivity contribution in [2.24, 2.45) is 5.92 Å². The third-order valence-electron chi connectivity index (χ3n) is 5.70. The second kappa shape index (κ2) is 21.2. The number of unbranched alkanes of at least 4 members (excludes halogenated alkanes) is 12. The fourth-order valence-electron chi connectivity index (χ4n) is 3.67. The Bertz CT molecular complexity index is 406. The van der Waals surface area contributed by atoms with Crippen molar-refractivity contribution >= 4 is 11.9 Å². The van der Waals surface area contributed by atoms with Crippen molar-refractivity contribution < 1.29 is 19.1 Å². The topological polar surface area (TPSA) is 52.6 Å². The lowest BCUT2D eigenvalue weighted by Crippen LogP contribution is -2.22. The second-order valence-corrected chi connectivity index (χ2v) is 9.00. The summed E-state index contributed by atoms with van der Waals surface area (Å²) in [6, 6.07) is 0. The van der Waals surface area contributed by atoms with Crippen LogP contribution in [0.2, 0.25) is 0 Å². The Morgan fingerprint density at radius 2 is 1.10 bits per heavy atom. The van der Waals surface area contributed by atoms with Gasteiger partial charge in [-0.05, 0) is 25.2 Å². The van der Waals surface area contributed by atoms with Crippen LogP contribution in [0, 0.1) is 5.92 Å². The molecule has 178 valence electrons. The maximum absolute atomic E-state index is 11.8. The van der Waals surface area contributed by atoms with E-state index in [1.807, 2.05) is 6.92 Å². The number of esters is 2. The highest BCUT2D eigenvalue weighted by molar-refractivity contribution is 5.72. The lowest BCUT2D eigenvalue weighted by molar-refractivity contribution is -0.151. The lowest BCUT2D eigenvalue weighted by atomic mass is 10.0. The first kappa shape index (κ1) is 28.9. The van der Waals surface area contributed by atoms with Gasteiger partial charge in [-0.15, -0.1) is 0 Å². The molecule has 0 aliphatic carbocycles. The second-order valence-electron chi connectivity index (χ2n) is 9.00. The van der Waals surface area contributed by atoms with E-state index in [0.29, 0.717) is 25.4 Å². The number of hydrogen-bond donors (Lipinski definition) is 0. The fourth-order valence-corrected chi connectivity index (χ4v) is 3.67. The molecular weight excluding hydrogens is 376 g/mol. The molecule has 0 spiro atoms. The van der Waals surface area contributed by atoms with Crippen LogP contribution in [0.4, 0.5) is 0 Å². The molecule has 0 aromatic heterocycles. The summed E-state index contributed by atoms with van der Waals surface area (Å²) in [6.07, 6.45) is 18.9. The van der Waals surface area contributed by atoms with E-state index in [4.69, 9.17) is 9.47 Å². The predicted octanol–water partition coefficient (Wildman–Crippen LogP) is 7.77. The van der Waals surface area contributed by atoms with Gasteiger partial charge in [0.15, 0.2) is 0 Å². The summed E-state index contributed by atoms with van der Waals surface area (Å²) in [7, 11) is 0. The zero-order valence-electron chi connectivity index (χ0n) is 20.5. The molecule has 0 aliphatic heterocycles. The average molecular weight is 427 g/mol. The third kappa shape index (κ3) is 18.9. The number of ether oxygens (including phenoxy) is 2. The van der Waals surface area contributed by atoms with Gasteiger partial charge in [-0.2, -0.15) is 0 Å². The van der Waals surface area contributed by atoms with E-state index in [2.05, 4.69) is 20.8 Å². The van der Waals surface area contributed by atoms with Gasteiger partial charge in [0.1, 0.15) is 6.10 Å². The summed E-state index contributed by atoms with van der Waals surface area (Å²) < 4.78 is 10.7. The van der Waals surface area contributed by atoms with Gasteiger partial charge >= 0.3 is 11.9 Å². The smallest absolute Gasteiger partial charge is 0.306 e. The maximum atomic E-state index is 11.8. The van der Waals surface area contributed by atoms with Crippen LogP contribution >= 0.6 is 0 Å². The molecule has 0 N–H and O–H groups in total. The molecule has 4 heteroatoms. The molecule has 0 saturated carbocycles. The van der Waals surface area contributed by atoms with E-state index >= 15 is 0 Å². The molecular formula is C26H50O4. The Kier molecular flexibility index (Phi) is 20.4. The molecule has 1 unspecified atom stereocenters. The Balaban J connectivity index is 3.39. The Hall–Kier alpha value is -1.06. The minimum absolute atomic E-state index is 0.0278.